The average molecular weight is 219 g/mol. The molecule has 0 aliphatic heterocycles. The van der Waals surface area contributed by atoms with E-state index in [0.717, 1.165) is 0 Å². The van der Waals surface area contributed by atoms with E-state index in [-0.39, 0.29) is 5.56 Å². The number of hydrogen-bond acceptors (Lipinski definition) is 3. The molecule has 0 aliphatic rings. The van der Waals surface area contributed by atoms with Gasteiger partial charge in [0.15, 0.2) is 0 Å². The van der Waals surface area contributed by atoms with Crippen LogP contribution in [0.4, 0.5) is 8.78 Å². The molecule has 15 heavy (non-hydrogen) atoms. The van der Waals surface area contributed by atoms with E-state index < -0.39 is 25.0 Å². The Hall–Kier alpha value is -1.43. The lowest BCUT2D eigenvalue weighted by Gasteiger charge is -2.09. The number of furan rings is 1. The van der Waals surface area contributed by atoms with Crippen molar-refractivity contribution in [2.75, 3.05) is 6.54 Å². The molecule has 0 radical (unpaired) electrons. The molecule has 2 N–H and O–H groups in total. The summed E-state index contributed by atoms with van der Waals surface area (Å²) in [7, 11) is 0. The monoisotopic (exact) mass is 219 g/mol. The normalized spacial score (nSPS) is 12.9. The van der Waals surface area contributed by atoms with Crippen LogP contribution in [0.1, 0.15) is 16.1 Å². The Morgan fingerprint density at radius 3 is 2.80 bits per heavy atom. The summed E-state index contributed by atoms with van der Waals surface area (Å²) in [5, 5.41) is 10.9. The summed E-state index contributed by atoms with van der Waals surface area (Å²) >= 11 is 0. The molecule has 4 nitrogen and oxygen atoms in total. The van der Waals surface area contributed by atoms with Crippen LogP contribution in [0.3, 0.4) is 0 Å². The van der Waals surface area contributed by atoms with Crippen molar-refractivity contribution in [3.8, 4) is 0 Å². The van der Waals surface area contributed by atoms with Gasteiger partial charge in [-0.1, -0.05) is 0 Å². The molecule has 1 aromatic rings. The van der Waals surface area contributed by atoms with Crippen LogP contribution in [0.15, 0.2) is 16.7 Å². The molecule has 0 saturated heterocycles. The SMILES string of the molecule is Cc1occc1C(=O)NCC(O)C(F)F. The van der Waals surface area contributed by atoms with Crippen molar-refractivity contribution in [2.24, 2.45) is 0 Å². The first-order chi connectivity index (χ1) is 7.02. The number of aryl methyl sites for hydroxylation is 1. The minimum absolute atomic E-state index is 0.275. The number of amides is 1. The minimum atomic E-state index is -2.87. The summed E-state index contributed by atoms with van der Waals surface area (Å²) in [6, 6.07) is 1.43. The second-order valence-electron chi connectivity index (χ2n) is 3.00. The number of rotatable bonds is 4. The number of carbonyl (C=O) groups is 1. The molecule has 0 bridgehead atoms. The van der Waals surface area contributed by atoms with Crippen LogP contribution in [-0.4, -0.2) is 30.1 Å². The van der Waals surface area contributed by atoms with Gasteiger partial charge < -0.3 is 14.8 Å². The Morgan fingerprint density at radius 2 is 2.33 bits per heavy atom. The van der Waals surface area contributed by atoms with E-state index in [4.69, 9.17) is 9.52 Å². The fourth-order valence-corrected chi connectivity index (χ4v) is 1.00. The molecule has 0 fully saturated rings. The molecular formula is C9H11F2NO3. The van der Waals surface area contributed by atoms with Gasteiger partial charge in [0.25, 0.3) is 12.3 Å². The highest BCUT2D eigenvalue weighted by Crippen LogP contribution is 2.08. The summed E-state index contributed by atoms with van der Waals surface area (Å²) < 4.78 is 28.6. The molecule has 0 saturated carbocycles. The predicted molar refractivity (Wildman–Crippen MR) is 47.8 cm³/mol. The molecule has 1 unspecified atom stereocenters. The molecule has 0 aliphatic carbocycles. The highest BCUT2D eigenvalue weighted by molar-refractivity contribution is 5.95. The van der Waals surface area contributed by atoms with Gasteiger partial charge in [0.05, 0.1) is 11.8 Å². The van der Waals surface area contributed by atoms with E-state index in [1.54, 1.807) is 6.92 Å². The van der Waals surface area contributed by atoms with E-state index in [0.29, 0.717) is 5.76 Å². The van der Waals surface area contributed by atoms with Gasteiger partial charge >= 0.3 is 0 Å². The Balaban J connectivity index is 2.47. The average Bonchev–Trinajstić information content (AvgIpc) is 2.60. The zero-order valence-electron chi connectivity index (χ0n) is 8.04. The number of halogens is 2. The van der Waals surface area contributed by atoms with Crippen LogP contribution >= 0.6 is 0 Å². The molecule has 0 spiro atoms. The minimum Gasteiger partial charge on any atom is -0.469 e. The van der Waals surface area contributed by atoms with Crippen molar-refractivity contribution in [3.63, 3.8) is 0 Å². The molecule has 1 amide bonds. The zero-order chi connectivity index (χ0) is 11.4. The number of hydrogen-bond donors (Lipinski definition) is 2. The van der Waals surface area contributed by atoms with Crippen LogP contribution in [-0.2, 0) is 0 Å². The van der Waals surface area contributed by atoms with Crippen molar-refractivity contribution in [1.29, 1.82) is 0 Å². The second-order valence-corrected chi connectivity index (χ2v) is 3.00. The van der Waals surface area contributed by atoms with Crippen LogP contribution < -0.4 is 5.32 Å². The van der Waals surface area contributed by atoms with E-state index in [1.807, 2.05) is 0 Å². The number of carbonyl (C=O) groups excluding carboxylic acids is 1. The highest BCUT2D eigenvalue weighted by Gasteiger charge is 2.18. The van der Waals surface area contributed by atoms with Crippen LogP contribution in [0.5, 0.6) is 0 Å². The molecule has 0 aromatic carbocycles. The first-order valence-corrected chi connectivity index (χ1v) is 4.31. The van der Waals surface area contributed by atoms with E-state index in [2.05, 4.69) is 5.32 Å². The third-order valence-corrected chi connectivity index (χ3v) is 1.87. The number of nitrogens with one attached hydrogen (secondary N) is 1. The summed E-state index contributed by atoms with van der Waals surface area (Å²) in [5.41, 5.74) is 0.275. The molecular weight excluding hydrogens is 208 g/mol. The van der Waals surface area contributed by atoms with Crippen LogP contribution in [0.2, 0.25) is 0 Å². The Labute approximate surface area is 84.9 Å². The van der Waals surface area contributed by atoms with Crippen molar-refractivity contribution in [3.05, 3.63) is 23.7 Å². The fourth-order valence-electron chi connectivity index (χ4n) is 1.00. The van der Waals surface area contributed by atoms with Crippen molar-refractivity contribution in [2.45, 2.75) is 19.5 Å². The molecule has 6 heteroatoms. The largest absolute Gasteiger partial charge is 0.469 e. The maximum atomic E-state index is 11.9. The van der Waals surface area contributed by atoms with Gasteiger partial charge in [0.1, 0.15) is 11.9 Å². The van der Waals surface area contributed by atoms with E-state index in [1.165, 1.54) is 12.3 Å². The number of alkyl halides is 2. The van der Waals surface area contributed by atoms with Crippen molar-refractivity contribution < 1.29 is 23.1 Å². The van der Waals surface area contributed by atoms with Crippen LogP contribution in [0, 0.1) is 6.92 Å². The first-order valence-electron chi connectivity index (χ1n) is 4.31. The Kier molecular flexibility index (Phi) is 3.79. The smallest absolute Gasteiger partial charge is 0.265 e. The molecule has 1 aromatic heterocycles. The number of aliphatic hydroxyl groups is 1. The van der Waals surface area contributed by atoms with Crippen molar-refractivity contribution >= 4 is 5.91 Å². The Bertz CT molecular complexity index is 338. The maximum absolute atomic E-state index is 11.9. The number of aliphatic hydroxyl groups excluding tert-OH is 1. The quantitative estimate of drug-likeness (QED) is 0.792. The summed E-state index contributed by atoms with van der Waals surface area (Å²) in [6.45, 7) is 1.10. The molecule has 1 heterocycles. The lowest BCUT2D eigenvalue weighted by molar-refractivity contribution is -0.00270. The first kappa shape index (κ1) is 11.6. The zero-order valence-corrected chi connectivity index (χ0v) is 8.04. The second kappa shape index (κ2) is 4.88. The van der Waals surface area contributed by atoms with Gasteiger partial charge in [-0.25, -0.2) is 8.78 Å². The lowest BCUT2D eigenvalue weighted by atomic mass is 10.2. The lowest BCUT2D eigenvalue weighted by Crippen LogP contribution is -2.35. The molecule has 84 valence electrons. The standard InChI is InChI=1S/C9H11F2NO3/c1-5-6(2-3-15-5)9(14)12-4-7(13)8(10)11/h2-3,7-8,13H,4H2,1H3,(H,12,14). The molecule has 1 atom stereocenters. The van der Waals surface area contributed by atoms with Gasteiger partial charge in [0, 0.05) is 6.54 Å². The van der Waals surface area contributed by atoms with Gasteiger partial charge in [-0.2, -0.15) is 0 Å². The summed E-state index contributed by atoms with van der Waals surface area (Å²) in [4.78, 5) is 11.3. The van der Waals surface area contributed by atoms with Crippen molar-refractivity contribution in [1.82, 2.24) is 5.32 Å². The van der Waals surface area contributed by atoms with E-state index >= 15 is 0 Å². The topological polar surface area (TPSA) is 62.5 Å². The Morgan fingerprint density at radius 1 is 1.67 bits per heavy atom. The van der Waals surface area contributed by atoms with Gasteiger partial charge in [-0.15, -0.1) is 0 Å². The summed E-state index contributed by atoms with van der Waals surface area (Å²) in [5.74, 6) is -0.139. The van der Waals surface area contributed by atoms with Gasteiger partial charge in [-0.05, 0) is 13.0 Å². The third-order valence-electron chi connectivity index (χ3n) is 1.87. The third kappa shape index (κ3) is 3.02. The fraction of sp³-hybridized carbons (Fsp3) is 0.444. The summed E-state index contributed by atoms with van der Waals surface area (Å²) in [6.07, 6.45) is -3.38. The predicted octanol–water partition coefficient (Wildman–Crippen LogP) is 0.944. The van der Waals surface area contributed by atoms with E-state index in [9.17, 15) is 13.6 Å². The maximum Gasteiger partial charge on any atom is 0.265 e. The van der Waals surface area contributed by atoms with Gasteiger partial charge in [0.2, 0.25) is 0 Å². The van der Waals surface area contributed by atoms with Gasteiger partial charge in [-0.3, -0.25) is 4.79 Å². The molecule has 1 rings (SSSR count). The highest BCUT2D eigenvalue weighted by atomic mass is 19.3. The van der Waals surface area contributed by atoms with Crippen LogP contribution in [0.25, 0.3) is 0 Å².